The summed E-state index contributed by atoms with van der Waals surface area (Å²) in [7, 11) is 0. The van der Waals surface area contributed by atoms with Crippen LogP contribution in [0.4, 0.5) is 0 Å². The van der Waals surface area contributed by atoms with E-state index in [-0.39, 0.29) is 17.8 Å². The van der Waals surface area contributed by atoms with Gasteiger partial charge in [0.25, 0.3) is 0 Å². The molecule has 3 fully saturated rings. The van der Waals surface area contributed by atoms with Crippen LogP contribution in [0.25, 0.3) is 0 Å². The summed E-state index contributed by atoms with van der Waals surface area (Å²) < 4.78 is 0. The molecule has 32 heavy (non-hydrogen) atoms. The van der Waals surface area contributed by atoms with Gasteiger partial charge in [-0.3, -0.25) is 0 Å². The molecule has 4 aliphatic carbocycles. The normalized spacial score (nSPS) is 46.6. The molecule has 0 aromatic rings. The zero-order valence-corrected chi connectivity index (χ0v) is 20.5. The third-order valence-corrected chi connectivity index (χ3v) is 10.4. The van der Waals surface area contributed by atoms with E-state index in [0.29, 0.717) is 37.0 Å². The average Bonchev–Trinajstić information content (AvgIpc) is 3.12. The first-order chi connectivity index (χ1) is 15.1. The van der Waals surface area contributed by atoms with Crippen LogP contribution in [0.2, 0.25) is 0 Å². The lowest BCUT2D eigenvalue weighted by Crippen LogP contribution is -2.61. The molecule has 4 rings (SSSR count). The Morgan fingerprint density at radius 2 is 1.97 bits per heavy atom. The van der Waals surface area contributed by atoms with Gasteiger partial charge >= 0.3 is 0 Å². The van der Waals surface area contributed by atoms with Gasteiger partial charge in [0.15, 0.2) is 0 Å². The average molecular weight is 445 g/mol. The van der Waals surface area contributed by atoms with Crippen molar-refractivity contribution in [1.29, 1.82) is 0 Å². The van der Waals surface area contributed by atoms with E-state index in [0.717, 1.165) is 37.7 Å². The minimum absolute atomic E-state index is 0.0437. The predicted molar refractivity (Wildman–Crippen MR) is 127 cm³/mol. The molecular weight excluding hydrogens is 400 g/mol. The Kier molecular flexibility index (Phi) is 6.55. The molecule has 0 radical (unpaired) electrons. The van der Waals surface area contributed by atoms with Crippen LogP contribution in [0.5, 0.6) is 0 Å². The van der Waals surface area contributed by atoms with E-state index in [1.54, 1.807) is 0 Å². The number of hydrogen-bond acceptors (Lipinski definition) is 4. The van der Waals surface area contributed by atoms with Gasteiger partial charge in [-0.1, -0.05) is 51.5 Å². The van der Waals surface area contributed by atoms with Crippen LogP contribution in [0.3, 0.4) is 0 Å². The number of rotatable bonds is 6. The number of aliphatic hydroxyl groups excluding tert-OH is 3. The summed E-state index contributed by atoms with van der Waals surface area (Å²) in [5.41, 5.74) is 1.43. The van der Waals surface area contributed by atoms with Crippen LogP contribution in [-0.4, -0.2) is 39.9 Å². The molecule has 0 spiro atoms. The van der Waals surface area contributed by atoms with Gasteiger partial charge in [-0.25, -0.2) is 0 Å². The third-order valence-electron chi connectivity index (χ3n) is 10.4. The summed E-state index contributed by atoms with van der Waals surface area (Å²) >= 11 is 0. The van der Waals surface area contributed by atoms with Crippen molar-refractivity contribution in [3.63, 3.8) is 0 Å². The molecule has 4 heteroatoms. The number of aldehydes is 1. The van der Waals surface area contributed by atoms with Crippen molar-refractivity contribution in [2.24, 2.45) is 46.3 Å². The first-order valence-electron chi connectivity index (χ1n) is 12.9. The monoisotopic (exact) mass is 444 g/mol. The molecule has 0 heterocycles. The first kappa shape index (κ1) is 24.2. The van der Waals surface area contributed by atoms with Crippen LogP contribution in [0, 0.1) is 46.3 Å². The molecule has 0 amide bonds. The fourth-order valence-corrected chi connectivity index (χ4v) is 8.50. The summed E-state index contributed by atoms with van der Waals surface area (Å²) in [6.45, 7) is 13.0. The molecule has 3 N–H and O–H groups in total. The second-order valence-electron chi connectivity index (χ2n) is 12.2. The second kappa shape index (κ2) is 8.67. The molecular formula is C28H44O4. The highest BCUT2D eigenvalue weighted by molar-refractivity contribution is 5.62. The Hall–Kier alpha value is -0.970. The van der Waals surface area contributed by atoms with Gasteiger partial charge in [0.2, 0.25) is 0 Å². The van der Waals surface area contributed by atoms with Crippen LogP contribution < -0.4 is 0 Å². The van der Waals surface area contributed by atoms with Crippen molar-refractivity contribution < 1.29 is 20.1 Å². The Bertz CT molecular complexity index is 771. The summed E-state index contributed by atoms with van der Waals surface area (Å²) in [6.07, 6.45) is 8.13. The second-order valence-corrected chi connectivity index (χ2v) is 12.2. The van der Waals surface area contributed by atoms with E-state index >= 15 is 0 Å². The Balaban J connectivity index is 1.61. The number of hydrogen-bond donors (Lipinski definition) is 3. The number of carbonyl (C=O) groups is 1. The predicted octanol–water partition coefficient (Wildman–Crippen LogP) is 4.68. The lowest BCUT2D eigenvalue weighted by molar-refractivity contribution is -0.166. The topological polar surface area (TPSA) is 77.8 Å². The van der Waals surface area contributed by atoms with Crippen molar-refractivity contribution in [1.82, 2.24) is 0 Å². The van der Waals surface area contributed by atoms with Gasteiger partial charge in [0.1, 0.15) is 6.29 Å². The van der Waals surface area contributed by atoms with Crippen LogP contribution in [0.15, 0.2) is 23.8 Å². The van der Waals surface area contributed by atoms with Crippen molar-refractivity contribution in [3.8, 4) is 0 Å². The summed E-state index contributed by atoms with van der Waals surface area (Å²) in [4.78, 5) is 12.8. The van der Waals surface area contributed by atoms with Crippen molar-refractivity contribution in [2.45, 2.75) is 97.4 Å². The molecule has 180 valence electrons. The summed E-state index contributed by atoms with van der Waals surface area (Å²) in [5.74, 6) is 1.65. The Morgan fingerprint density at radius 3 is 2.62 bits per heavy atom. The smallest absolute Gasteiger partial charge is 0.126 e. The van der Waals surface area contributed by atoms with Gasteiger partial charge < -0.3 is 20.1 Å². The zero-order valence-electron chi connectivity index (χ0n) is 20.5. The molecule has 4 aliphatic rings. The number of carbonyl (C=O) groups excluding carboxylic acids is 1. The number of aliphatic hydroxyl groups is 3. The SMILES string of the molecule is C=C(CCC(C)C1CCC2C3CC=C4C[C@@H](O)C[C@H](O)[C@]4(C)C3[C@H](O)C[C@]12C=O)C(C)C. The van der Waals surface area contributed by atoms with Gasteiger partial charge in [0, 0.05) is 17.3 Å². The van der Waals surface area contributed by atoms with Crippen LogP contribution in [0.1, 0.15) is 79.1 Å². The highest BCUT2D eigenvalue weighted by Gasteiger charge is 2.65. The summed E-state index contributed by atoms with van der Waals surface area (Å²) in [5, 5.41) is 32.8. The maximum Gasteiger partial charge on any atom is 0.126 e. The van der Waals surface area contributed by atoms with E-state index in [1.165, 1.54) is 11.9 Å². The molecule has 0 bridgehead atoms. The van der Waals surface area contributed by atoms with Crippen molar-refractivity contribution in [3.05, 3.63) is 23.8 Å². The minimum atomic E-state index is -0.651. The molecule has 5 unspecified atom stereocenters. The van der Waals surface area contributed by atoms with Gasteiger partial charge in [-0.05, 0) is 80.5 Å². The number of allylic oxidation sites excluding steroid dienone is 2. The van der Waals surface area contributed by atoms with E-state index in [9.17, 15) is 20.1 Å². The van der Waals surface area contributed by atoms with Gasteiger partial charge in [-0.15, -0.1) is 0 Å². The fraction of sp³-hybridized carbons (Fsp3) is 0.821. The largest absolute Gasteiger partial charge is 0.393 e. The molecule has 0 aromatic carbocycles. The van der Waals surface area contributed by atoms with Crippen LogP contribution >= 0.6 is 0 Å². The van der Waals surface area contributed by atoms with Gasteiger partial charge in [-0.2, -0.15) is 0 Å². The molecule has 0 saturated heterocycles. The standard InChI is InChI=1S/C28H44O4/c1-16(2)17(3)6-7-18(4)22-10-11-23-21-9-8-19-12-20(30)13-25(32)27(19,5)26(21)24(31)14-28(22,23)15-29/h8,15-16,18,20-26,30-32H,3,6-7,9-14H2,1-2,4-5H3/t18?,20-,21?,22?,23?,24-,25+,26?,27-,28+/m1/s1. The quantitative estimate of drug-likeness (QED) is 0.411. The maximum atomic E-state index is 12.8. The van der Waals surface area contributed by atoms with Crippen molar-refractivity contribution >= 4 is 6.29 Å². The van der Waals surface area contributed by atoms with Crippen molar-refractivity contribution in [2.75, 3.05) is 0 Å². The highest BCUT2D eigenvalue weighted by atomic mass is 16.3. The zero-order chi connectivity index (χ0) is 23.4. The van der Waals surface area contributed by atoms with E-state index in [4.69, 9.17) is 0 Å². The minimum Gasteiger partial charge on any atom is -0.393 e. The number of fused-ring (bicyclic) bond motifs is 5. The molecule has 0 aliphatic heterocycles. The molecule has 0 aromatic heterocycles. The first-order valence-corrected chi connectivity index (χ1v) is 12.9. The third kappa shape index (κ3) is 3.56. The fourth-order valence-electron chi connectivity index (χ4n) is 8.50. The lowest BCUT2D eigenvalue weighted by atomic mass is 9.45. The van der Waals surface area contributed by atoms with E-state index in [1.807, 2.05) is 0 Å². The lowest BCUT2D eigenvalue weighted by Gasteiger charge is -2.60. The highest BCUT2D eigenvalue weighted by Crippen LogP contribution is 2.66. The molecule has 10 atom stereocenters. The molecule has 4 nitrogen and oxygen atoms in total. The molecule has 3 saturated carbocycles. The van der Waals surface area contributed by atoms with E-state index < -0.39 is 29.1 Å². The summed E-state index contributed by atoms with van der Waals surface area (Å²) in [6, 6.07) is 0. The van der Waals surface area contributed by atoms with Gasteiger partial charge in [0.05, 0.1) is 18.3 Å². The Morgan fingerprint density at radius 1 is 1.25 bits per heavy atom. The maximum absolute atomic E-state index is 12.8. The van der Waals surface area contributed by atoms with Crippen LogP contribution in [-0.2, 0) is 4.79 Å². The Labute approximate surface area is 194 Å². The van der Waals surface area contributed by atoms with E-state index in [2.05, 4.69) is 40.3 Å².